The van der Waals surface area contributed by atoms with Crippen LogP contribution in [0.5, 0.6) is 0 Å². The average Bonchev–Trinajstić information content (AvgIpc) is 2.87. The van der Waals surface area contributed by atoms with Crippen molar-refractivity contribution in [3.05, 3.63) is 71.0 Å². The number of benzene rings is 1. The zero-order valence-electron chi connectivity index (χ0n) is 12.1. The van der Waals surface area contributed by atoms with E-state index in [1.807, 2.05) is 50.4 Å². The van der Waals surface area contributed by atoms with Gasteiger partial charge in [0.05, 0.1) is 11.7 Å². The minimum Gasteiger partial charge on any atom is -0.348 e. The van der Waals surface area contributed by atoms with Gasteiger partial charge < -0.3 is 5.32 Å². The number of nitrogens with zero attached hydrogens (tertiary/aromatic N) is 2. The first kappa shape index (κ1) is 13.4. The van der Waals surface area contributed by atoms with Crippen LogP contribution in [0.1, 0.15) is 27.0 Å². The molecule has 106 valence electrons. The molecule has 4 nitrogen and oxygen atoms in total. The Balaban J connectivity index is 1.76. The molecule has 0 bridgehead atoms. The molecule has 0 saturated carbocycles. The number of aromatic nitrogens is 2. The first-order valence-corrected chi connectivity index (χ1v) is 6.91. The number of carbonyl (C=O) groups excluding carboxylic acids is 1. The predicted molar refractivity (Wildman–Crippen MR) is 82.3 cm³/mol. The fraction of sp³-hybridized carbons (Fsp3) is 0.176. The highest BCUT2D eigenvalue weighted by Crippen LogP contribution is 2.11. The van der Waals surface area contributed by atoms with Gasteiger partial charge >= 0.3 is 0 Å². The summed E-state index contributed by atoms with van der Waals surface area (Å²) in [6.07, 6.45) is 3.68. The third kappa shape index (κ3) is 2.79. The van der Waals surface area contributed by atoms with E-state index in [2.05, 4.69) is 16.5 Å². The number of pyridine rings is 1. The molecule has 0 aliphatic heterocycles. The van der Waals surface area contributed by atoms with E-state index in [9.17, 15) is 4.79 Å². The Bertz CT molecular complexity index is 784. The number of aryl methyl sites for hydroxylation is 2. The Morgan fingerprint density at radius 2 is 1.95 bits per heavy atom. The highest BCUT2D eigenvalue weighted by Gasteiger charge is 2.08. The molecule has 1 N–H and O–H groups in total. The van der Waals surface area contributed by atoms with Gasteiger partial charge in [-0.2, -0.15) is 5.10 Å². The fourth-order valence-electron chi connectivity index (χ4n) is 2.51. The van der Waals surface area contributed by atoms with Gasteiger partial charge in [0.2, 0.25) is 0 Å². The number of hydrogen-bond acceptors (Lipinski definition) is 2. The van der Waals surface area contributed by atoms with Gasteiger partial charge in [-0.05, 0) is 38.1 Å². The molecule has 0 aliphatic rings. The van der Waals surface area contributed by atoms with E-state index in [0.29, 0.717) is 12.1 Å². The van der Waals surface area contributed by atoms with E-state index in [-0.39, 0.29) is 5.91 Å². The first-order valence-electron chi connectivity index (χ1n) is 6.91. The van der Waals surface area contributed by atoms with Gasteiger partial charge in [0, 0.05) is 23.9 Å². The second kappa shape index (κ2) is 5.40. The molecular formula is C17H17N3O. The molecule has 3 rings (SSSR count). The minimum atomic E-state index is -0.0583. The number of fused-ring (bicyclic) bond motifs is 1. The van der Waals surface area contributed by atoms with E-state index < -0.39 is 0 Å². The topological polar surface area (TPSA) is 46.4 Å². The number of amides is 1. The van der Waals surface area contributed by atoms with Crippen LogP contribution in [0.2, 0.25) is 0 Å². The van der Waals surface area contributed by atoms with Gasteiger partial charge in [-0.3, -0.25) is 4.79 Å². The zero-order valence-corrected chi connectivity index (χ0v) is 12.1. The molecule has 4 heteroatoms. The van der Waals surface area contributed by atoms with Gasteiger partial charge in [-0.15, -0.1) is 0 Å². The van der Waals surface area contributed by atoms with Gasteiger partial charge in [-0.1, -0.05) is 23.3 Å². The molecule has 0 spiro atoms. The Morgan fingerprint density at radius 3 is 2.71 bits per heavy atom. The van der Waals surface area contributed by atoms with Crippen LogP contribution in [-0.2, 0) is 6.54 Å². The molecule has 0 fully saturated rings. The Morgan fingerprint density at radius 1 is 1.19 bits per heavy atom. The lowest BCUT2D eigenvalue weighted by molar-refractivity contribution is 0.0951. The molecule has 21 heavy (non-hydrogen) atoms. The van der Waals surface area contributed by atoms with E-state index in [1.165, 1.54) is 0 Å². The van der Waals surface area contributed by atoms with Gasteiger partial charge in [0.15, 0.2) is 0 Å². The van der Waals surface area contributed by atoms with E-state index in [1.54, 1.807) is 10.7 Å². The lowest BCUT2D eigenvalue weighted by Crippen LogP contribution is -2.22. The van der Waals surface area contributed by atoms with E-state index >= 15 is 0 Å². The van der Waals surface area contributed by atoms with Crippen LogP contribution in [0.4, 0.5) is 0 Å². The maximum atomic E-state index is 12.2. The molecule has 2 aromatic heterocycles. The summed E-state index contributed by atoms with van der Waals surface area (Å²) in [4.78, 5) is 12.2. The minimum absolute atomic E-state index is 0.0583. The largest absolute Gasteiger partial charge is 0.348 e. The lowest BCUT2D eigenvalue weighted by atomic mass is 10.1. The van der Waals surface area contributed by atoms with E-state index in [4.69, 9.17) is 0 Å². The summed E-state index contributed by atoms with van der Waals surface area (Å²) in [5.41, 5.74) is 4.91. The van der Waals surface area contributed by atoms with Crippen molar-refractivity contribution in [2.24, 2.45) is 0 Å². The SMILES string of the molecule is Cc1cc(C)cc(C(=O)NCc2cnn3ccccc23)c1. The number of rotatable bonds is 3. The predicted octanol–water partition coefficient (Wildman–Crippen LogP) is 2.88. The van der Waals surface area contributed by atoms with Gasteiger partial charge in [0.25, 0.3) is 5.91 Å². The molecule has 2 heterocycles. The molecule has 0 radical (unpaired) electrons. The summed E-state index contributed by atoms with van der Waals surface area (Å²) in [7, 11) is 0. The van der Waals surface area contributed by atoms with Crippen molar-refractivity contribution in [2.75, 3.05) is 0 Å². The van der Waals surface area contributed by atoms with Crippen molar-refractivity contribution >= 4 is 11.4 Å². The van der Waals surface area contributed by atoms with Crippen LogP contribution in [-0.4, -0.2) is 15.5 Å². The zero-order chi connectivity index (χ0) is 14.8. The number of carbonyl (C=O) groups is 1. The second-order valence-electron chi connectivity index (χ2n) is 5.26. The second-order valence-corrected chi connectivity index (χ2v) is 5.26. The molecule has 0 unspecified atom stereocenters. The summed E-state index contributed by atoms with van der Waals surface area (Å²) in [6, 6.07) is 11.7. The molecule has 3 aromatic rings. The van der Waals surface area contributed by atoms with Crippen molar-refractivity contribution in [1.29, 1.82) is 0 Å². The highest BCUT2D eigenvalue weighted by molar-refractivity contribution is 5.94. The van der Waals surface area contributed by atoms with Crippen molar-refractivity contribution in [1.82, 2.24) is 14.9 Å². The van der Waals surface area contributed by atoms with Crippen LogP contribution in [0, 0.1) is 13.8 Å². The normalized spacial score (nSPS) is 10.8. The Labute approximate surface area is 123 Å². The Kier molecular flexibility index (Phi) is 3.44. The molecule has 0 saturated heterocycles. The fourth-order valence-corrected chi connectivity index (χ4v) is 2.51. The van der Waals surface area contributed by atoms with E-state index in [0.717, 1.165) is 22.2 Å². The Hall–Kier alpha value is -2.62. The summed E-state index contributed by atoms with van der Waals surface area (Å²) < 4.78 is 1.80. The smallest absolute Gasteiger partial charge is 0.251 e. The van der Waals surface area contributed by atoms with Gasteiger partial charge in [0.1, 0.15) is 0 Å². The maximum Gasteiger partial charge on any atom is 0.251 e. The third-order valence-electron chi connectivity index (χ3n) is 3.43. The maximum absolute atomic E-state index is 12.2. The standard InChI is InChI=1S/C17H17N3O/c1-12-7-13(2)9-14(8-12)17(21)18-10-15-11-19-20-6-4-3-5-16(15)20/h3-9,11H,10H2,1-2H3,(H,18,21). The molecule has 0 aliphatic carbocycles. The number of nitrogens with one attached hydrogen (secondary N) is 1. The summed E-state index contributed by atoms with van der Waals surface area (Å²) in [5, 5.41) is 7.22. The van der Waals surface area contributed by atoms with Crippen LogP contribution < -0.4 is 5.32 Å². The first-order chi connectivity index (χ1) is 10.1. The molecule has 0 atom stereocenters. The van der Waals surface area contributed by atoms with Crippen molar-refractivity contribution in [3.63, 3.8) is 0 Å². The van der Waals surface area contributed by atoms with Crippen LogP contribution in [0.15, 0.2) is 48.8 Å². The lowest BCUT2D eigenvalue weighted by Gasteiger charge is -2.06. The number of hydrogen-bond donors (Lipinski definition) is 1. The summed E-state index contributed by atoms with van der Waals surface area (Å²) in [5.74, 6) is -0.0583. The monoisotopic (exact) mass is 279 g/mol. The summed E-state index contributed by atoms with van der Waals surface area (Å²) >= 11 is 0. The van der Waals surface area contributed by atoms with Crippen molar-refractivity contribution in [3.8, 4) is 0 Å². The van der Waals surface area contributed by atoms with Crippen LogP contribution in [0.25, 0.3) is 5.52 Å². The molecule has 1 amide bonds. The molecule has 1 aromatic carbocycles. The molecular weight excluding hydrogens is 262 g/mol. The van der Waals surface area contributed by atoms with Gasteiger partial charge in [-0.25, -0.2) is 4.52 Å². The summed E-state index contributed by atoms with van der Waals surface area (Å²) in [6.45, 7) is 4.46. The highest BCUT2D eigenvalue weighted by atomic mass is 16.1. The van der Waals surface area contributed by atoms with Crippen molar-refractivity contribution < 1.29 is 4.79 Å². The van der Waals surface area contributed by atoms with Crippen LogP contribution in [0.3, 0.4) is 0 Å². The van der Waals surface area contributed by atoms with Crippen LogP contribution >= 0.6 is 0 Å². The quantitative estimate of drug-likeness (QED) is 0.801. The average molecular weight is 279 g/mol. The third-order valence-corrected chi connectivity index (χ3v) is 3.43. The van der Waals surface area contributed by atoms with Crippen molar-refractivity contribution in [2.45, 2.75) is 20.4 Å².